The first kappa shape index (κ1) is 17.7. The summed E-state index contributed by atoms with van der Waals surface area (Å²) in [6.07, 6.45) is 0. The van der Waals surface area contributed by atoms with E-state index in [1.54, 1.807) is 0 Å². The normalized spacial score (nSPS) is 10.5. The van der Waals surface area contributed by atoms with Crippen molar-refractivity contribution in [3.05, 3.63) is 46.2 Å². The number of tetrazole rings is 1. The van der Waals surface area contributed by atoms with Gasteiger partial charge in [-0.3, -0.25) is 9.59 Å². The molecule has 0 fully saturated rings. The minimum atomic E-state index is -0.365. The number of anilines is 1. The summed E-state index contributed by atoms with van der Waals surface area (Å²) in [5.74, 6) is -0.191. The topological polar surface area (TPSA) is 102 Å². The summed E-state index contributed by atoms with van der Waals surface area (Å²) in [5, 5.41) is 21.1. The zero-order valence-corrected chi connectivity index (χ0v) is 15.2. The summed E-state index contributed by atoms with van der Waals surface area (Å²) < 4.78 is 0. The average Bonchev–Trinajstić information content (AvgIpc) is 3.28. The van der Waals surface area contributed by atoms with Gasteiger partial charge in [0.25, 0.3) is 0 Å². The van der Waals surface area contributed by atoms with Crippen molar-refractivity contribution in [1.29, 1.82) is 0 Å². The maximum atomic E-state index is 12.1. The second kappa shape index (κ2) is 7.87. The number of rotatable bonds is 6. The molecule has 2 amide bonds. The smallest absolute Gasteiger partial charge is 0.244 e. The Morgan fingerprint density at radius 3 is 2.62 bits per heavy atom. The highest BCUT2D eigenvalue weighted by atomic mass is 32.1. The van der Waals surface area contributed by atoms with Gasteiger partial charge >= 0.3 is 0 Å². The number of hydrogen-bond acceptors (Lipinski definition) is 6. The summed E-state index contributed by atoms with van der Waals surface area (Å²) in [4.78, 5) is 25.2. The number of aryl methyl sites for hydroxylation is 2. The molecule has 0 radical (unpaired) electrons. The van der Waals surface area contributed by atoms with Crippen LogP contribution in [0.2, 0.25) is 0 Å². The molecule has 26 heavy (non-hydrogen) atoms. The lowest BCUT2D eigenvalue weighted by Gasteiger charge is -2.11. The predicted octanol–water partition coefficient (Wildman–Crippen LogP) is 1.77. The molecule has 3 rings (SSSR count). The molecule has 0 unspecified atom stereocenters. The molecule has 0 aliphatic heterocycles. The van der Waals surface area contributed by atoms with Crippen molar-refractivity contribution in [1.82, 2.24) is 25.5 Å². The van der Waals surface area contributed by atoms with E-state index in [2.05, 4.69) is 26.0 Å². The fourth-order valence-corrected chi connectivity index (χ4v) is 3.01. The molecule has 0 aliphatic rings. The molecule has 2 heterocycles. The van der Waals surface area contributed by atoms with E-state index in [1.807, 2.05) is 48.9 Å². The molecule has 1 aromatic carbocycles. The predicted molar refractivity (Wildman–Crippen MR) is 98.7 cm³/mol. The Hall–Kier alpha value is -3.07. The molecular weight excluding hydrogens is 352 g/mol. The lowest BCUT2D eigenvalue weighted by Crippen LogP contribution is -2.35. The Morgan fingerprint density at radius 2 is 1.92 bits per heavy atom. The Balaban J connectivity index is 1.50. The minimum absolute atomic E-state index is 0.103. The number of benzene rings is 1. The Kier molecular flexibility index (Phi) is 5.37. The van der Waals surface area contributed by atoms with Crippen LogP contribution in [0.1, 0.15) is 11.1 Å². The lowest BCUT2D eigenvalue weighted by molar-refractivity contribution is -0.124. The third kappa shape index (κ3) is 4.31. The van der Waals surface area contributed by atoms with Crippen LogP contribution in [0.15, 0.2) is 35.0 Å². The maximum Gasteiger partial charge on any atom is 0.244 e. The Bertz CT molecular complexity index is 899. The van der Waals surface area contributed by atoms with E-state index in [4.69, 9.17) is 0 Å². The van der Waals surface area contributed by atoms with Gasteiger partial charge in [-0.1, -0.05) is 18.2 Å². The van der Waals surface area contributed by atoms with Crippen molar-refractivity contribution in [2.45, 2.75) is 20.4 Å². The van der Waals surface area contributed by atoms with E-state index in [-0.39, 0.29) is 24.9 Å². The summed E-state index contributed by atoms with van der Waals surface area (Å²) in [5.41, 5.74) is 3.56. The van der Waals surface area contributed by atoms with Crippen molar-refractivity contribution < 1.29 is 9.59 Å². The third-order valence-corrected chi connectivity index (χ3v) is 4.39. The molecule has 8 nitrogen and oxygen atoms in total. The fourth-order valence-electron chi connectivity index (χ4n) is 2.38. The van der Waals surface area contributed by atoms with E-state index in [9.17, 15) is 9.59 Å². The number of nitrogens with one attached hydrogen (secondary N) is 2. The number of hydrogen-bond donors (Lipinski definition) is 2. The van der Waals surface area contributed by atoms with Gasteiger partial charge in [0, 0.05) is 16.6 Å². The van der Waals surface area contributed by atoms with Gasteiger partial charge in [-0.2, -0.15) is 16.1 Å². The number of aromatic nitrogens is 4. The maximum absolute atomic E-state index is 12.1. The number of thiophene rings is 1. The molecule has 134 valence electrons. The average molecular weight is 370 g/mol. The first-order valence-corrected chi connectivity index (χ1v) is 8.90. The van der Waals surface area contributed by atoms with Gasteiger partial charge in [0.15, 0.2) is 0 Å². The summed E-state index contributed by atoms with van der Waals surface area (Å²) in [6, 6.07) is 7.65. The van der Waals surface area contributed by atoms with E-state index in [0.29, 0.717) is 5.82 Å². The molecule has 0 saturated heterocycles. The van der Waals surface area contributed by atoms with Gasteiger partial charge in [0.2, 0.25) is 17.6 Å². The highest BCUT2D eigenvalue weighted by molar-refractivity contribution is 7.08. The first-order valence-electron chi connectivity index (χ1n) is 7.96. The lowest BCUT2D eigenvalue weighted by atomic mass is 10.1. The van der Waals surface area contributed by atoms with Crippen LogP contribution in [-0.4, -0.2) is 38.6 Å². The number of nitrogens with zero attached hydrogens (tertiary/aromatic N) is 4. The van der Waals surface area contributed by atoms with Gasteiger partial charge in [-0.15, -0.1) is 10.2 Å². The van der Waals surface area contributed by atoms with Gasteiger partial charge in [0.05, 0.1) is 6.54 Å². The Morgan fingerprint density at radius 1 is 1.15 bits per heavy atom. The highest BCUT2D eigenvalue weighted by Gasteiger charge is 2.12. The molecular formula is C17H18N6O2S. The highest BCUT2D eigenvalue weighted by Crippen LogP contribution is 2.19. The summed E-state index contributed by atoms with van der Waals surface area (Å²) in [6.45, 7) is 3.61. The quantitative estimate of drug-likeness (QED) is 0.689. The molecule has 0 atom stereocenters. The molecule has 0 bridgehead atoms. The summed E-state index contributed by atoms with van der Waals surface area (Å²) >= 11 is 1.53. The van der Waals surface area contributed by atoms with E-state index >= 15 is 0 Å². The number of amides is 2. The van der Waals surface area contributed by atoms with Gasteiger partial charge in [-0.25, -0.2) is 0 Å². The molecule has 0 spiro atoms. The van der Waals surface area contributed by atoms with Gasteiger partial charge in [0.1, 0.15) is 6.54 Å². The van der Waals surface area contributed by atoms with Crippen LogP contribution in [0.25, 0.3) is 11.4 Å². The van der Waals surface area contributed by atoms with Crippen LogP contribution >= 0.6 is 11.3 Å². The third-order valence-electron chi connectivity index (χ3n) is 3.71. The van der Waals surface area contributed by atoms with E-state index in [0.717, 1.165) is 22.4 Å². The molecule has 2 N–H and O–H groups in total. The van der Waals surface area contributed by atoms with Crippen molar-refractivity contribution in [3.8, 4) is 11.4 Å². The van der Waals surface area contributed by atoms with Crippen LogP contribution in [0.3, 0.4) is 0 Å². The molecule has 9 heteroatoms. The minimum Gasteiger partial charge on any atom is -0.345 e. The second-order valence-electron chi connectivity index (χ2n) is 5.75. The van der Waals surface area contributed by atoms with Crippen LogP contribution in [-0.2, 0) is 16.1 Å². The summed E-state index contributed by atoms with van der Waals surface area (Å²) in [7, 11) is 0. The van der Waals surface area contributed by atoms with Crippen LogP contribution < -0.4 is 10.6 Å². The number of carbonyl (C=O) groups is 2. The molecule has 2 aromatic heterocycles. The molecule has 3 aromatic rings. The van der Waals surface area contributed by atoms with Crippen LogP contribution in [0, 0.1) is 13.8 Å². The zero-order chi connectivity index (χ0) is 18.5. The number of carbonyl (C=O) groups excluding carboxylic acids is 2. The zero-order valence-electron chi connectivity index (χ0n) is 14.4. The first-order chi connectivity index (χ1) is 12.5. The van der Waals surface area contributed by atoms with Gasteiger partial charge in [-0.05, 0) is 41.6 Å². The standard InChI is InChI=1S/C17H18N6O2S/c1-11-4-3-5-12(2)16(11)19-14(24)8-18-15(25)9-23-21-17(20-22-23)13-6-7-26-10-13/h3-7,10H,8-9H2,1-2H3,(H,18,25)(H,19,24). The Labute approximate surface area is 154 Å². The largest absolute Gasteiger partial charge is 0.345 e. The van der Waals surface area contributed by atoms with Crippen molar-refractivity contribution in [2.75, 3.05) is 11.9 Å². The van der Waals surface area contributed by atoms with Crippen LogP contribution in [0.5, 0.6) is 0 Å². The molecule has 0 saturated carbocycles. The van der Waals surface area contributed by atoms with E-state index in [1.165, 1.54) is 16.1 Å². The molecule has 0 aliphatic carbocycles. The fraction of sp³-hybridized carbons (Fsp3) is 0.235. The van der Waals surface area contributed by atoms with Crippen molar-refractivity contribution in [2.24, 2.45) is 0 Å². The SMILES string of the molecule is Cc1cccc(C)c1NC(=O)CNC(=O)Cn1nnc(-c2ccsc2)n1. The van der Waals surface area contributed by atoms with E-state index < -0.39 is 0 Å². The van der Waals surface area contributed by atoms with Crippen molar-refractivity contribution in [3.63, 3.8) is 0 Å². The second-order valence-corrected chi connectivity index (χ2v) is 6.53. The van der Waals surface area contributed by atoms with Gasteiger partial charge < -0.3 is 10.6 Å². The monoisotopic (exact) mass is 370 g/mol. The van der Waals surface area contributed by atoms with Crippen LogP contribution in [0.4, 0.5) is 5.69 Å². The van der Waals surface area contributed by atoms with Crippen molar-refractivity contribution >= 4 is 28.8 Å². The number of para-hydroxylation sites is 1.